The molecule has 0 aliphatic heterocycles. The van der Waals surface area contributed by atoms with E-state index in [-0.39, 0.29) is 7.92 Å². The average molecular weight is 292 g/mol. The number of rotatable bonds is 2. The highest BCUT2D eigenvalue weighted by atomic mass is 31.1. The van der Waals surface area contributed by atoms with Crippen LogP contribution in [0.15, 0.2) is 60.7 Å². The molecule has 0 aromatic heterocycles. The highest BCUT2D eigenvalue weighted by Crippen LogP contribution is 2.46. The van der Waals surface area contributed by atoms with Crippen LogP contribution in [0.25, 0.3) is 0 Å². The summed E-state index contributed by atoms with van der Waals surface area (Å²) in [5, 5.41) is 1.45. The van der Waals surface area contributed by atoms with Crippen LogP contribution in [0, 0.1) is 11.6 Å². The molecule has 0 radical (unpaired) electrons. The van der Waals surface area contributed by atoms with Crippen molar-refractivity contribution in [1.29, 1.82) is 0 Å². The van der Waals surface area contributed by atoms with Crippen molar-refractivity contribution in [1.82, 2.24) is 0 Å². The number of hydrogen-bond donors (Lipinski definition) is 0. The summed E-state index contributed by atoms with van der Waals surface area (Å²) in [6, 6.07) is 21.3. The van der Waals surface area contributed by atoms with Gasteiger partial charge in [0.2, 0.25) is 0 Å². The van der Waals surface area contributed by atoms with Crippen molar-refractivity contribution in [3.05, 3.63) is 66.2 Å². The number of hydrogen-bond acceptors (Lipinski definition) is 0. The largest absolute Gasteiger partial charge is 0.0661 e. The van der Waals surface area contributed by atoms with Gasteiger partial charge in [-0.15, -0.1) is 0 Å². The molecule has 3 rings (SSSR count). The molecule has 106 valence electrons. The van der Waals surface area contributed by atoms with Gasteiger partial charge in [-0.2, -0.15) is 0 Å². The van der Waals surface area contributed by atoms with Gasteiger partial charge in [-0.25, -0.2) is 0 Å². The summed E-state index contributed by atoms with van der Waals surface area (Å²) in [4.78, 5) is 0. The van der Waals surface area contributed by atoms with Gasteiger partial charge in [-0.05, 0) is 35.9 Å². The van der Waals surface area contributed by atoms with Gasteiger partial charge in [0.25, 0.3) is 0 Å². The lowest BCUT2D eigenvalue weighted by molar-refractivity contribution is 0.513. The van der Waals surface area contributed by atoms with E-state index in [4.69, 9.17) is 0 Å². The van der Waals surface area contributed by atoms with Gasteiger partial charge in [0, 0.05) is 13.5 Å². The Morgan fingerprint density at radius 3 is 2.05 bits per heavy atom. The smallest absolute Gasteiger partial charge is 0.0248 e. The second-order valence-electron chi connectivity index (χ2n) is 5.60. The van der Waals surface area contributed by atoms with Crippen LogP contribution in [0.1, 0.15) is 37.7 Å². The molecular formula is C20H21P. The Morgan fingerprint density at radius 2 is 1.38 bits per heavy atom. The summed E-state index contributed by atoms with van der Waals surface area (Å²) >= 11 is 0. The van der Waals surface area contributed by atoms with E-state index in [1.54, 1.807) is 0 Å². The maximum Gasteiger partial charge on any atom is 0.0248 e. The minimum absolute atomic E-state index is 0.359. The monoisotopic (exact) mass is 292 g/mol. The third-order valence-corrected chi connectivity index (χ3v) is 6.52. The molecule has 0 bridgehead atoms. The molecule has 1 unspecified atom stereocenters. The Labute approximate surface area is 129 Å². The van der Waals surface area contributed by atoms with E-state index in [0.717, 1.165) is 11.2 Å². The van der Waals surface area contributed by atoms with Crippen molar-refractivity contribution >= 4 is 13.2 Å². The molecular weight excluding hydrogens is 271 g/mol. The Hall–Kier alpha value is -1.57. The van der Waals surface area contributed by atoms with Gasteiger partial charge in [0.15, 0.2) is 0 Å². The van der Waals surface area contributed by atoms with E-state index in [9.17, 15) is 0 Å². The zero-order valence-corrected chi connectivity index (χ0v) is 13.2. The highest BCUT2D eigenvalue weighted by molar-refractivity contribution is 7.71. The normalized spacial score (nSPS) is 16.8. The van der Waals surface area contributed by atoms with Gasteiger partial charge < -0.3 is 0 Å². The minimum atomic E-state index is -0.359. The van der Waals surface area contributed by atoms with E-state index in [0.29, 0.717) is 0 Å². The predicted molar refractivity (Wildman–Crippen MR) is 93.2 cm³/mol. The zero-order valence-electron chi connectivity index (χ0n) is 12.3. The summed E-state index contributed by atoms with van der Waals surface area (Å²) in [6.07, 6.45) is 6.86. The Balaban J connectivity index is 1.87. The van der Waals surface area contributed by atoms with E-state index in [1.807, 2.05) is 6.07 Å². The lowest BCUT2D eigenvalue weighted by atomic mass is 10.0. The van der Waals surface area contributed by atoms with E-state index in [2.05, 4.69) is 66.2 Å². The molecule has 2 aromatic rings. The van der Waals surface area contributed by atoms with Gasteiger partial charge in [-0.3, -0.25) is 0 Å². The SMILES string of the molecule is C(#CP(c1ccccc1)C1CCCCC1)c1ccccc1. The van der Waals surface area contributed by atoms with Crippen molar-refractivity contribution in [2.75, 3.05) is 0 Å². The first-order chi connectivity index (χ1) is 10.4. The molecule has 0 saturated heterocycles. The number of benzene rings is 2. The molecule has 0 heterocycles. The average Bonchev–Trinajstić information content (AvgIpc) is 2.58. The van der Waals surface area contributed by atoms with Crippen LogP contribution < -0.4 is 5.30 Å². The molecule has 1 saturated carbocycles. The Bertz CT molecular complexity index is 601. The molecule has 2 aromatic carbocycles. The first-order valence-electron chi connectivity index (χ1n) is 7.84. The lowest BCUT2D eigenvalue weighted by Crippen LogP contribution is -2.16. The van der Waals surface area contributed by atoms with E-state index in [1.165, 1.54) is 37.4 Å². The van der Waals surface area contributed by atoms with Crippen molar-refractivity contribution in [3.8, 4) is 11.6 Å². The summed E-state index contributed by atoms with van der Waals surface area (Å²) in [6.45, 7) is 0. The van der Waals surface area contributed by atoms with E-state index >= 15 is 0 Å². The summed E-state index contributed by atoms with van der Waals surface area (Å²) < 4.78 is 0. The molecule has 0 nitrogen and oxygen atoms in total. The molecule has 1 fully saturated rings. The van der Waals surface area contributed by atoms with Gasteiger partial charge in [-0.1, -0.05) is 79.4 Å². The standard InChI is InChI=1S/C20H21P/c1-4-10-18(11-5-1)16-17-21(19-12-6-2-7-13-19)20-14-8-3-9-15-20/h1-2,4-7,10-13,20H,3,8-9,14-15H2. The van der Waals surface area contributed by atoms with Gasteiger partial charge >= 0.3 is 0 Å². The van der Waals surface area contributed by atoms with Crippen LogP contribution in [-0.4, -0.2) is 5.66 Å². The third kappa shape index (κ3) is 3.96. The molecule has 1 aliphatic carbocycles. The van der Waals surface area contributed by atoms with Crippen LogP contribution in [0.4, 0.5) is 0 Å². The predicted octanol–water partition coefficient (Wildman–Crippen LogP) is 5.14. The molecule has 1 atom stereocenters. The van der Waals surface area contributed by atoms with Crippen molar-refractivity contribution in [2.24, 2.45) is 0 Å². The van der Waals surface area contributed by atoms with Gasteiger partial charge in [0.1, 0.15) is 0 Å². The van der Waals surface area contributed by atoms with E-state index < -0.39 is 0 Å². The Kier molecular flexibility index (Phi) is 5.09. The van der Waals surface area contributed by atoms with Crippen LogP contribution in [-0.2, 0) is 0 Å². The van der Waals surface area contributed by atoms with Crippen LogP contribution in [0.2, 0.25) is 0 Å². The topological polar surface area (TPSA) is 0 Å². The molecule has 21 heavy (non-hydrogen) atoms. The molecule has 1 aliphatic rings. The Morgan fingerprint density at radius 1 is 0.762 bits per heavy atom. The third-order valence-electron chi connectivity index (χ3n) is 4.07. The molecule has 1 heteroatoms. The van der Waals surface area contributed by atoms with Crippen molar-refractivity contribution in [2.45, 2.75) is 37.8 Å². The van der Waals surface area contributed by atoms with Crippen LogP contribution >= 0.6 is 7.92 Å². The maximum absolute atomic E-state index is 3.64. The fourth-order valence-corrected chi connectivity index (χ4v) is 5.30. The van der Waals surface area contributed by atoms with Crippen LogP contribution in [0.3, 0.4) is 0 Å². The van der Waals surface area contributed by atoms with Gasteiger partial charge in [0.05, 0.1) is 0 Å². The fourth-order valence-electron chi connectivity index (χ4n) is 2.94. The molecule has 0 amide bonds. The quantitative estimate of drug-likeness (QED) is 0.531. The lowest BCUT2D eigenvalue weighted by Gasteiger charge is -2.27. The zero-order chi connectivity index (χ0) is 14.3. The summed E-state index contributed by atoms with van der Waals surface area (Å²) in [5.41, 5.74) is 5.56. The summed E-state index contributed by atoms with van der Waals surface area (Å²) in [7, 11) is -0.359. The second-order valence-corrected chi connectivity index (χ2v) is 7.81. The first-order valence-corrected chi connectivity index (χ1v) is 9.25. The fraction of sp³-hybridized carbons (Fsp3) is 0.300. The second kappa shape index (κ2) is 7.44. The van der Waals surface area contributed by atoms with Crippen molar-refractivity contribution in [3.63, 3.8) is 0 Å². The van der Waals surface area contributed by atoms with Crippen LogP contribution in [0.5, 0.6) is 0 Å². The van der Waals surface area contributed by atoms with Crippen molar-refractivity contribution < 1.29 is 0 Å². The highest BCUT2D eigenvalue weighted by Gasteiger charge is 2.23. The molecule has 0 N–H and O–H groups in total. The minimum Gasteiger partial charge on any atom is -0.0661 e. The summed E-state index contributed by atoms with van der Waals surface area (Å²) in [5.74, 6) is 3.42. The first kappa shape index (κ1) is 14.4. The molecule has 0 spiro atoms. The maximum atomic E-state index is 3.64.